The molecule has 2 atom stereocenters. The lowest BCUT2D eigenvalue weighted by molar-refractivity contribution is -0.121. The van der Waals surface area contributed by atoms with Crippen molar-refractivity contribution in [2.75, 3.05) is 0 Å². The van der Waals surface area contributed by atoms with Crippen molar-refractivity contribution in [3.8, 4) is 0 Å². The molecule has 0 saturated heterocycles. The summed E-state index contributed by atoms with van der Waals surface area (Å²) < 4.78 is 0. The highest BCUT2D eigenvalue weighted by molar-refractivity contribution is 7.11. The molecule has 0 aliphatic carbocycles. The third kappa shape index (κ3) is 4.09. The van der Waals surface area contributed by atoms with Gasteiger partial charge in [-0.25, -0.2) is 0 Å². The molecule has 0 spiro atoms. The standard InChI is InChI=1S/C16H18ClNOS/c1-11(10-14-9-8-12(2)20-14)18-16(19)15(17)13-6-4-3-5-7-13/h3-9,11,15H,10H2,1-2H3,(H,18,19). The van der Waals surface area contributed by atoms with Crippen molar-refractivity contribution in [2.45, 2.75) is 31.7 Å². The minimum atomic E-state index is -0.635. The van der Waals surface area contributed by atoms with Gasteiger partial charge >= 0.3 is 0 Å². The van der Waals surface area contributed by atoms with Crippen LogP contribution < -0.4 is 5.32 Å². The van der Waals surface area contributed by atoms with Crippen molar-refractivity contribution in [1.29, 1.82) is 0 Å². The highest BCUT2D eigenvalue weighted by Crippen LogP contribution is 2.21. The molecule has 4 heteroatoms. The zero-order valence-corrected chi connectivity index (χ0v) is 13.2. The van der Waals surface area contributed by atoms with Crippen LogP contribution in [0.1, 0.15) is 27.6 Å². The van der Waals surface area contributed by atoms with Crippen LogP contribution in [-0.2, 0) is 11.2 Å². The quantitative estimate of drug-likeness (QED) is 0.828. The Morgan fingerprint density at radius 3 is 2.55 bits per heavy atom. The number of aryl methyl sites for hydroxylation is 1. The number of hydrogen-bond donors (Lipinski definition) is 1. The van der Waals surface area contributed by atoms with Crippen LogP contribution in [-0.4, -0.2) is 11.9 Å². The van der Waals surface area contributed by atoms with Gasteiger partial charge in [0.15, 0.2) is 0 Å². The number of thiophene rings is 1. The Hall–Kier alpha value is -1.32. The monoisotopic (exact) mass is 307 g/mol. The van der Waals surface area contributed by atoms with Crippen LogP contribution in [0, 0.1) is 6.92 Å². The fourth-order valence-corrected chi connectivity index (χ4v) is 3.26. The average molecular weight is 308 g/mol. The zero-order valence-electron chi connectivity index (χ0n) is 11.6. The van der Waals surface area contributed by atoms with Gasteiger partial charge in [0, 0.05) is 22.2 Å². The van der Waals surface area contributed by atoms with Crippen molar-refractivity contribution in [1.82, 2.24) is 5.32 Å². The second-order valence-electron chi connectivity index (χ2n) is 4.90. The minimum absolute atomic E-state index is 0.0745. The summed E-state index contributed by atoms with van der Waals surface area (Å²) in [5, 5.41) is 2.34. The second kappa shape index (κ2) is 6.91. The summed E-state index contributed by atoms with van der Waals surface area (Å²) in [7, 11) is 0. The third-order valence-electron chi connectivity index (χ3n) is 3.01. The molecular formula is C16H18ClNOS. The summed E-state index contributed by atoms with van der Waals surface area (Å²) in [6.45, 7) is 4.09. The number of nitrogens with one attached hydrogen (secondary N) is 1. The van der Waals surface area contributed by atoms with Crippen LogP contribution in [0.5, 0.6) is 0 Å². The molecule has 0 saturated carbocycles. The van der Waals surface area contributed by atoms with Gasteiger partial charge in [-0.2, -0.15) is 0 Å². The number of benzene rings is 1. The molecule has 1 aromatic heterocycles. The van der Waals surface area contributed by atoms with Crippen LogP contribution >= 0.6 is 22.9 Å². The van der Waals surface area contributed by atoms with Gasteiger partial charge in [0.05, 0.1) is 0 Å². The van der Waals surface area contributed by atoms with E-state index in [0.717, 1.165) is 12.0 Å². The number of hydrogen-bond acceptors (Lipinski definition) is 2. The van der Waals surface area contributed by atoms with E-state index >= 15 is 0 Å². The molecule has 2 aromatic rings. The van der Waals surface area contributed by atoms with Gasteiger partial charge in [0.2, 0.25) is 5.91 Å². The van der Waals surface area contributed by atoms with Gasteiger partial charge in [0.1, 0.15) is 5.38 Å². The summed E-state index contributed by atoms with van der Waals surface area (Å²) in [5.41, 5.74) is 0.825. The first-order valence-electron chi connectivity index (χ1n) is 6.61. The number of carbonyl (C=O) groups is 1. The van der Waals surface area contributed by atoms with Crippen molar-refractivity contribution in [3.63, 3.8) is 0 Å². The summed E-state index contributed by atoms with van der Waals surface area (Å²) in [6, 6.07) is 13.7. The zero-order chi connectivity index (χ0) is 14.5. The Labute approximate surface area is 128 Å². The van der Waals surface area contributed by atoms with E-state index in [-0.39, 0.29) is 11.9 Å². The number of halogens is 1. The molecule has 2 nitrogen and oxygen atoms in total. The van der Waals surface area contributed by atoms with Gasteiger partial charge < -0.3 is 5.32 Å². The molecule has 20 heavy (non-hydrogen) atoms. The van der Waals surface area contributed by atoms with E-state index in [1.807, 2.05) is 37.3 Å². The molecule has 1 amide bonds. The van der Waals surface area contributed by atoms with Gasteiger partial charge in [-0.05, 0) is 31.5 Å². The summed E-state index contributed by atoms with van der Waals surface area (Å²) >= 11 is 7.96. The van der Waals surface area contributed by atoms with Crippen LogP contribution in [0.15, 0.2) is 42.5 Å². The van der Waals surface area contributed by atoms with Gasteiger partial charge in [0.25, 0.3) is 0 Å². The molecule has 0 fully saturated rings. The van der Waals surface area contributed by atoms with E-state index in [1.165, 1.54) is 9.75 Å². The first kappa shape index (κ1) is 15.1. The number of alkyl halides is 1. The smallest absolute Gasteiger partial charge is 0.242 e. The predicted molar refractivity (Wildman–Crippen MR) is 85.4 cm³/mol. The summed E-state index contributed by atoms with van der Waals surface area (Å²) in [5.74, 6) is -0.140. The minimum Gasteiger partial charge on any atom is -0.352 e. The van der Waals surface area contributed by atoms with Crippen LogP contribution in [0.2, 0.25) is 0 Å². The van der Waals surface area contributed by atoms with E-state index in [0.29, 0.717) is 0 Å². The van der Waals surface area contributed by atoms with Crippen molar-refractivity contribution >= 4 is 28.8 Å². The number of rotatable bonds is 5. The molecule has 0 radical (unpaired) electrons. The van der Waals surface area contributed by atoms with E-state index in [9.17, 15) is 4.79 Å². The molecule has 0 aliphatic rings. The molecule has 0 bridgehead atoms. The van der Waals surface area contributed by atoms with Gasteiger partial charge in [-0.3, -0.25) is 4.79 Å². The second-order valence-corrected chi connectivity index (χ2v) is 6.71. The van der Waals surface area contributed by atoms with E-state index < -0.39 is 5.38 Å². The normalized spacial score (nSPS) is 13.8. The van der Waals surface area contributed by atoms with Crippen molar-refractivity contribution in [2.24, 2.45) is 0 Å². The lowest BCUT2D eigenvalue weighted by atomic mass is 10.1. The number of amides is 1. The van der Waals surface area contributed by atoms with E-state index in [4.69, 9.17) is 11.6 Å². The molecule has 1 N–H and O–H groups in total. The molecular weight excluding hydrogens is 290 g/mol. The first-order chi connectivity index (χ1) is 9.56. The maximum absolute atomic E-state index is 12.1. The molecule has 0 aliphatic heterocycles. The third-order valence-corrected chi connectivity index (χ3v) is 4.49. The molecule has 2 unspecified atom stereocenters. The maximum atomic E-state index is 12.1. The van der Waals surface area contributed by atoms with E-state index in [2.05, 4.69) is 24.4 Å². The highest BCUT2D eigenvalue weighted by atomic mass is 35.5. The maximum Gasteiger partial charge on any atom is 0.242 e. The Morgan fingerprint density at radius 2 is 1.95 bits per heavy atom. The van der Waals surface area contributed by atoms with E-state index in [1.54, 1.807) is 11.3 Å². The predicted octanol–water partition coefficient (Wildman–Crippen LogP) is 4.08. The average Bonchev–Trinajstić information content (AvgIpc) is 2.84. The SMILES string of the molecule is Cc1ccc(CC(C)NC(=O)C(Cl)c2ccccc2)s1. The molecule has 106 valence electrons. The van der Waals surface area contributed by atoms with Crippen molar-refractivity contribution in [3.05, 3.63) is 57.8 Å². The molecule has 2 rings (SSSR count). The lowest BCUT2D eigenvalue weighted by Crippen LogP contribution is -2.36. The van der Waals surface area contributed by atoms with Crippen LogP contribution in [0.25, 0.3) is 0 Å². The lowest BCUT2D eigenvalue weighted by Gasteiger charge is -2.16. The fraction of sp³-hybridized carbons (Fsp3) is 0.312. The largest absolute Gasteiger partial charge is 0.352 e. The van der Waals surface area contributed by atoms with Crippen LogP contribution in [0.3, 0.4) is 0 Å². The summed E-state index contributed by atoms with van der Waals surface area (Å²) in [6.07, 6.45) is 0.836. The Balaban J connectivity index is 1.90. The Bertz CT molecular complexity index is 567. The highest BCUT2D eigenvalue weighted by Gasteiger charge is 2.19. The Kier molecular flexibility index (Phi) is 5.21. The fourth-order valence-electron chi connectivity index (χ4n) is 2.04. The van der Waals surface area contributed by atoms with Crippen LogP contribution in [0.4, 0.5) is 0 Å². The molecule has 1 heterocycles. The first-order valence-corrected chi connectivity index (χ1v) is 7.86. The molecule has 1 aromatic carbocycles. The van der Waals surface area contributed by atoms with Crippen molar-refractivity contribution < 1.29 is 4.79 Å². The van der Waals surface area contributed by atoms with Gasteiger partial charge in [-0.1, -0.05) is 30.3 Å². The summed E-state index contributed by atoms with van der Waals surface area (Å²) in [4.78, 5) is 14.7. The number of carbonyl (C=O) groups excluding carboxylic acids is 1. The van der Waals surface area contributed by atoms with Gasteiger partial charge in [-0.15, -0.1) is 22.9 Å². The topological polar surface area (TPSA) is 29.1 Å². The Morgan fingerprint density at radius 1 is 1.25 bits per heavy atom.